The number of phenolic OH excluding ortho intramolecular Hbond substituents is 1. The van der Waals surface area contributed by atoms with Gasteiger partial charge in [0.15, 0.2) is 0 Å². The van der Waals surface area contributed by atoms with Crippen molar-refractivity contribution in [2.75, 3.05) is 7.11 Å². The van der Waals surface area contributed by atoms with Crippen molar-refractivity contribution < 1.29 is 9.84 Å². The van der Waals surface area contributed by atoms with E-state index in [0.717, 1.165) is 15.6 Å². The molecular weight excluding hydrogens is 320 g/mol. The van der Waals surface area contributed by atoms with Gasteiger partial charge in [0.1, 0.15) is 28.9 Å². The highest BCUT2D eigenvalue weighted by atomic mass is 16.5. The summed E-state index contributed by atoms with van der Waals surface area (Å²) in [4.78, 5) is 20.1. The SMILES string of the molecule is COc1ccc2c(c1)[nH]c1c(=O)n(/N=C\c3cccc(O)c3)cnc12. The average molecular weight is 334 g/mol. The molecule has 124 valence electrons. The molecule has 2 N–H and O–H groups in total. The summed E-state index contributed by atoms with van der Waals surface area (Å²) in [5.41, 5.74) is 2.10. The first kappa shape index (κ1) is 14.9. The lowest BCUT2D eigenvalue weighted by molar-refractivity contribution is 0.415. The van der Waals surface area contributed by atoms with Gasteiger partial charge in [-0.25, -0.2) is 4.98 Å². The van der Waals surface area contributed by atoms with Crippen molar-refractivity contribution in [2.45, 2.75) is 0 Å². The molecule has 2 aromatic carbocycles. The predicted octanol–water partition coefficient (Wildman–Crippen LogP) is 2.47. The van der Waals surface area contributed by atoms with E-state index in [4.69, 9.17) is 4.74 Å². The molecule has 0 atom stereocenters. The molecule has 0 amide bonds. The molecule has 0 aliphatic rings. The number of H-pyrrole nitrogens is 1. The fourth-order valence-corrected chi connectivity index (χ4v) is 2.67. The van der Waals surface area contributed by atoms with Crippen LogP contribution in [0.5, 0.6) is 11.5 Å². The molecule has 25 heavy (non-hydrogen) atoms. The zero-order valence-electron chi connectivity index (χ0n) is 13.3. The van der Waals surface area contributed by atoms with E-state index in [9.17, 15) is 9.90 Å². The number of aromatic nitrogens is 3. The number of nitrogens with one attached hydrogen (secondary N) is 1. The molecule has 0 saturated carbocycles. The summed E-state index contributed by atoms with van der Waals surface area (Å²) in [7, 11) is 1.59. The first-order valence-corrected chi connectivity index (χ1v) is 7.56. The van der Waals surface area contributed by atoms with Crippen molar-refractivity contribution in [3.05, 3.63) is 64.7 Å². The molecular formula is C18H14N4O3. The Kier molecular flexibility index (Phi) is 3.46. The third-order valence-electron chi connectivity index (χ3n) is 3.90. The largest absolute Gasteiger partial charge is 0.508 e. The highest BCUT2D eigenvalue weighted by Crippen LogP contribution is 2.25. The lowest BCUT2D eigenvalue weighted by Crippen LogP contribution is -2.17. The molecule has 7 nitrogen and oxygen atoms in total. The molecule has 0 unspecified atom stereocenters. The Bertz CT molecular complexity index is 1170. The van der Waals surface area contributed by atoms with E-state index in [1.165, 1.54) is 12.5 Å². The summed E-state index contributed by atoms with van der Waals surface area (Å²) in [6, 6.07) is 12.1. The van der Waals surface area contributed by atoms with Crippen molar-refractivity contribution in [1.29, 1.82) is 0 Å². The fraction of sp³-hybridized carbons (Fsp3) is 0.0556. The van der Waals surface area contributed by atoms with Gasteiger partial charge in [0, 0.05) is 11.5 Å². The molecule has 7 heteroatoms. The molecule has 2 aromatic heterocycles. The highest BCUT2D eigenvalue weighted by Gasteiger charge is 2.11. The number of aromatic amines is 1. The lowest BCUT2D eigenvalue weighted by Gasteiger charge is -1.98. The molecule has 0 fully saturated rings. The van der Waals surface area contributed by atoms with E-state index in [2.05, 4.69) is 15.1 Å². The minimum absolute atomic E-state index is 0.134. The maximum atomic E-state index is 12.6. The summed E-state index contributed by atoms with van der Waals surface area (Å²) < 4.78 is 6.35. The Labute approximate surface area is 141 Å². The van der Waals surface area contributed by atoms with E-state index in [-0.39, 0.29) is 11.3 Å². The van der Waals surface area contributed by atoms with Gasteiger partial charge in [0.25, 0.3) is 5.56 Å². The quantitative estimate of drug-likeness (QED) is 0.563. The van der Waals surface area contributed by atoms with E-state index in [0.29, 0.717) is 22.3 Å². The molecule has 0 spiro atoms. The number of ether oxygens (including phenoxy) is 1. The van der Waals surface area contributed by atoms with Crippen LogP contribution in [0.4, 0.5) is 0 Å². The lowest BCUT2D eigenvalue weighted by atomic mass is 10.2. The number of hydrogen-bond donors (Lipinski definition) is 2. The summed E-state index contributed by atoms with van der Waals surface area (Å²) in [6.07, 6.45) is 2.86. The maximum Gasteiger partial charge on any atom is 0.298 e. The minimum atomic E-state index is -0.309. The van der Waals surface area contributed by atoms with Gasteiger partial charge in [0.05, 0.1) is 18.8 Å². The maximum absolute atomic E-state index is 12.6. The highest BCUT2D eigenvalue weighted by molar-refractivity contribution is 6.04. The molecule has 4 rings (SSSR count). The second-order valence-electron chi connectivity index (χ2n) is 5.49. The molecule has 2 heterocycles. The number of benzene rings is 2. The van der Waals surface area contributed by atoms with Crippen molar-refractivity contribution in [3.8, 4) is 11.5 Å². The Balaban J connectivity index is 1.82. The Morgan fingerprint density at radius 1 is 1.28 bits per heavy atom. The Hall–Kier alpha value is -3.61. The van der Waals surface area contributed by atoms with Crippen LogP contribution in [0.15, 0.2) is 58.7 Å². The third kappa shape index (κ3) is 2.61. The fourth-order valence-electron chi connectivity index (χ4n) is 2.67. The van der Waals surface area contributed by atoms with Crippen LogP contribution in [0.25, 0.3) is 21.9 Å². The molecule has 0 aliphatic carbocycles. The van der Waals surface area contributed by atoms with Gasteiger partial charge in [-0.05, 0) is 29.8 Å². The van der Waals surface area contributed by atoms with Gasteiger partial charge in [-0.15, -0.1) is 0 Å². The van der Waals surface area contributed by atoms with Crippen LogP contribution in [0.1, 0.15) is 5.56 Å². The van der Waals surface area contributed by atoms with Crippen LogP contribution in [-0.4, -0.2) is 33.1 Å². The summed E-state index contributed by atoms with van der Waals surface area (Å²) in [5.74, 6) is 0.829. The van der Waals surface area contributed by atoms with Gasteiger partial charge in [-0.3, -0.25) is 4.79 Å². The summed E-state index contributed by atoms with van der Waals surface area (Å²) in [5, 5.41) is 14.4. The Morgan fingerprint density at radius 2 is 2.16 bits per heavy atom. The first-order chi connectivity index (χ1) is 12.2. The van der Waals surface area contributed by atoms with Gasteiger partial charge < -0.3 is 14.8 Å². The zero-order valence-corrected chi connectivity index (χ0v) is 13.3. The third-order valence-corrected chi connectivity index (χ3v) is 3.90. The number of nitrogens with zero attached hydrogens (tertiary/aromatic N) is 3. The number of methoxy groups -OCH3 is 1. The van der Waals surface area contributed by atoms with Crippen molar-refractivity contribution in [3.63, 3.8) is 0 Å². The summed E-state index contributed by atoms with van der Waals surface area (Å²) >= 11 is 0. The number of aromatic hydroxyl groups is 1. The molecule has 0 radical (unpaired) electrons. The smallest absolute Gasteiger partial charge is 0.298 e. The van der Waals surface area contributed by atoms with Crippen LogP contribution in [0.3, 0.4) is 0 Å². The average Bonchev–Trinajstić information content (AvgIpc) is 3.00. The minimum Gasteiger partial charge on any atom is -0.508 e. The monoisotopic (exact) mass is 334 g/mol. The summed E-state index contributed by atoms with van der Waals surface area (Å²) in [6.45, 7) is 0. The normalized spacial score (nSPS) is 11.6. The molecule has 0 aliphatic heterocycles. The van der Waals surface area contributed by atoms with Gasteiger partial charge in [0.2, 0.25) is 0 Å². The molecule has 0 bridgehead atoms. The number of hydrogen-bond acceptors (Lipinski definition) is 5. The number of phenols is 1. The second-order valence-corrected chi connectivity index (χ2v) is 5.49. The number of fused-ring (bicyclic) bond motifs is 3. The zero-order chi connectivity index (χ0) is 17.4. The van der Waals surface area contributed by atoms with Crippen LogP contribution in [0.2, 0.25) is 0 Å². The van der Waals surface area contributed by atoms with Crippen molar-refractivity contribution in [1.82, 2.24) is 14.6 Å². The van der Waals surface area contributed by atoms with E-state index in [1.54, 1.807) is 31.4 Å². The Morgan fingerprint density at radius 3 is 2.96 bits per heavy atom. The standard InChI is InChI=1S/C18H14N4O3/c1-25-13-5-6-14-15(8-13)21-17-16(14)19-10-22(18(17)24)20-9-11-3-2-4-12(23)7-11/h2-10,21,23H,1H3/b20-9-. The number of rotatable bonds is 3. The van der Waals surface area contributed by atoms with Gasteiger partial charge in [-0.2, -0.15) is 9.78 Å². The van der Waals surface area contributed by atoms with Crippen LogP contribution >= 0.6 is 0 Å². The van der Waals surface area contributed by atoms with Crippen LogP contribution < -0.4 is 10.3 Å². The van der Waals surface area contributed by atoms with Crippen molar-refractivity contribution >= 4 is 28.2 Å². The predicted molar refractivity (Wildman–Crippen MR) is 95.5 cm³/mol. The van der Waals surface area contributed by atoms with Crippen LogP contribution in [-0.2, 0) is 0 Å². The van der Waals surface area contributed by atoms with Crippen molar-refractivity contribution in [2.24, 2.45) is 5.10 Å². The van der Waals surface area contributed by atoms with Gasteiger partial charge in [-0.1, -0.05) is 12.1 Å². The van der Waals surface area contributed by atoms with E-state index < -0.39 is 0 Å². The van der Waals surface area contributed by atoms with Crippen LogP contribution in [0, 0.1) is 0 Å². The van der Waals surface area contributed by atoms with E-state index >= 15 is 0 Å². The molecule has 0 saturated heterocycles. The van der Waals surface area contributed by atoms with Gasteiger partial charge >= 0.3 is 0 Å². The molecule has 4 aromatic rings. The second kappa shape index (κ2) is 5.79. The first-order valence-electron chi connectivity index (χ1n) is 7.56. The topological polar surface area (TPSA) is 92.5 Å². The van der Waals surface area contributed by atoms with E-state index in [1.807, 2.05) is 18.2 Å².